The Hall–Kier alpha value is -2.90. The van der Waals surface area contributed by atoms with E-state index < -0.39 is 0 Å². The molecule has 0 spiro atoms. The van der Waals surface area contributed by atoms with Crippen LogP contribution in [0.5, 0.6) is 0 Å². The fourth-order valence-electron chi connectivity index (χ4n) is 4.80. The number of carbonyl (C=O) groups is 1. The number of benzene rings is 2. The average Bonchev–Trinajstić information content (AvgIpc) is 3.09. The Labute approximate surface area is 224 Å². The number of carbonyl (C=O) groups excluding carboxylic acids is 1. The van der Waals surface area contributed by atoms with Crippen LogP contribution in [0.2, 0.25) is 5.02 Å². The zero-order valence-electron chi connectivity index (χ0n) is 22.3. The van der Waals surface area contributed by atoms with Crippen LogP contribution in [-0.2, 0) is 11.3 Å². The minimum atomic E-state index is -0.230. The van der Waals surface area contributed by atoms with Gasteiger partial charge in [-0.15, -0.1) is 0 Å². The number of rotatable bonds is 8. The van der Waals surface area contributed by atoms with Crippen LogP contribution in [0.4, 0.5) is 5.69 Å². The van der Waals surface area contributed by atoms with E-state index in [-0.39, 0.29) is 24.1 Å². The molecule has 1 saturated heterocycles. The molecule has 2 heterocycles. The third-order valence-corrected chi connectivity index (χ3v) is 6.98. The van der Waals surface area contributed by atoms with Crippen molar-refractivity contribution in [3.05, 3.63) is 57.8 Å². The van der Waals surface area contributed by atoms with Gasteiger partial charge in [-0.3, -0.25) is 14.2 Å². The smallest absolute Gasteiger partial charge is 0.262 e. The molecule has 0 radical (unpaired) electrons. The van der Waals surface area contributed by atoms with E-state index in [9.17, 15) is 9.59 Å². The van der Waals surface area contributed by atoms with Crippen LogP contribution < -0.4 is 15.8 Å². The number of nitrogens with zero attached hydrogens (tertiary/aromatic N) is 4. The van der Waals surface area contributed by atoms with Gasteiger partial charge in [0, 0.05) is 41.9 Å². The molecule has 0 bridgehead atoms. The standard InChI is InChI=1S/C29H38ClN5O2/c1-20(2)11-14-33-12-6-13-34(16-15-33)24-9-10-26-25(18-24)29(37)35(19-27(36)31-21(3)4)28(32-26)22-7-5-8-23(30)17-22/h5,7-10,17-18,20-21H,6,11-16,19H2,1-4H3,(H,31,36). The first-order valence-corrected chi connectivity index (χ1v) is 13.7. The molecule has 0 saturated carbocycles. The fourth-order valence-corrected chi connectivity index (χ4v) is 5.00. The van der Waals surface area contributed by atoms with Gasteiger partial charge in [0.2, 0.25) is 5.91 Å². The van der Waals surface area contributed by atoms with Crippen LogP contribution in [0.1, 0.15) is 40.5 Å². The van der Waals surface area contributed by atoms with Crippen LogP contribution in [0.25, 0.3) is 22.3 Å². The van der Waals surface area contributed by atoms with Gasteiger partial charge in [-0.1, -0.05) is 37.6 Å². The molecule has 1 aliphatic rings. The van der Waals surface area contributed by atoms with Crippen LogP contribution in [-0.4, -0.2) is 59.1 Å². The molecule has 0 unspecified atom stereocenters. The summed E-state index contributed by atoms with van der Waals surface area (Å²) in [4.78, 5) is 36.3. The van der Waals surface area contributed by atoms with Crippen molar-refractivity contribution in [2.75, 3.05) is 37.6 Å². The molecule has 3 aromatic rings. The molecule has 4 rings (SSSR count). The van der Waals surface area contributed by atoms with Gasteiger partial charge < -0.3 is 15.1 Å². The normalized spacial score (nSPS) is 14.9. The summed E-state index contributed by atoms with van der Waals surface area (Å²) < 4.78 is 1.46. The zero-order valence-corrected chi connectivity index (χ0v) is 23.1. The fraction of sp³-hybridized carbons (Fsp3) is 0.483. The predicted octanol–water partition coefficient (Wildman–Crippen LogP) is 4.80. The Bertz CT molecular complexity index is 1300. The minimum Gasteiger partial charge on any atom is -0.370 e. The van der Waals surface area contributed by atoms with Crippen molar-refractivity contribution in [2.24, 2.45) is 5.92 Å². The van der Waals surface area contributed by atoms with Gasteiger partial charge in [-0.2, -0.15) is 0 Å². The lowest BCUT2D eigenvalue weighted by molar-refractivity contribution is -0.122. The lowest BCUT2D eigenvalue weighted by atomic mass is 10.1. The van der Waals surface area contributed by atoms with Crippen molar-refractivity contribution in [3.63, 3.8) is 0 Å². The molecule has 198 valence electrons. The molecule has 8 heteroatoms. The van der Waals surface area contributed by atoms with E-state index in [0.717, 1.165) is 44.8 Å². The topological polar surface area (TPSA) is 70.5 Å². The number of amides is 1. The van der Waals surface area contributed by atoms with E-state index in [1.54, 1.807) is 12.1 Å². The highest BCUT2D eigenvalue weighted by Gasteiger charge is 2.19. The molecule has 1 amide bonds. The molecular formula is C29H38ClN5O2. The quantitative estimate of drug-likeness (QED) is 0.459. The van der Waals surface area contributed by atoms with Gasteiger partial charge in [0.1, 0.15) is 12.4 Å². The van der Waals surface area contributed by atoms with E-state index in [1.807, 2.05) is 38.1 Å². The maximum absolute atomic E-state index is 13.8. The minimum absolute atomic E-state index is 0.0269. The van der Waals surface area contributed by atoms with Crippen LogP contribution in [0, 0.1) is 5.92 Å². The van der Waals surface area contributed by atoms with E-state index in [0.29, 0.717) is 33.2 Å². The van der Waals surface area contributed by atoms with E-state index >= 15 is 0 Å². The maximum Gasteiger partial charge on any atom is 0.262 e. The summed E-state index contributed by atoms with van der Waals surface area (Å²) in [6.07, 6.45) is 2.29. The number of fused-ring (bicyclic) bond motifs is 1. The summed E-state index contributed by atoms with van der Waals surface area (Å²) in [6, 6.07) is 13.1. The Morgan fingerprint density at radius 3 is 2.59 bits per heavy atom. The Balaban J connectivity index is 1.69. The largest absolute Gasteiger partial charge is 0.370 e. The number of nitrogens with one attached hydrogen (secondary N) is 1. The monoisotopic (exact) mass is 523 g/mol. The summed E-state index contributed by atoms with van der Waals surface area (Å²) in [5.74, 6) is 0.905. The maximum atomic E-state index is 13.8. The number of anilines is 1. The van der Waals surface area contributed by atoms with E-state index in [4.69, 9.17) is 16.6 Å². The predicted molar refractivity (Wildman–Crippen MR) is 152 cm³/mol. The number of aromatic nitrogens is 2. The first-order chi connectivity index (χ1) is 17.7. The molecule has 1 N–H and O–H groups in total. The van der Waals surface area contributed by atoms with Crippen molar-refractivity contribution in [1.82, 2.24) is 19.8 Å². The summed E-state index contributed by atoms with van der Waals surface area (Å²) >= 11 is 6.24. The van der Waals surface area contributed by atoms with Gasteiger partial charge >= 0.3 is 0 Å². The van der Waals surface area contributed by atoms with Gasteiger partial charge in [0.25, 0.3) is 5.56 Å². The van der Waals surface area contributed by atoms with E-state index in [1.165, 1.54) is 11.0 Å². The van der Waals surface area contributed by atoms with Crippen molar-refractivity contribution in [3.8, 4) is 11.4 Å². The van der Waals surface area contributed by atoms with Gasteiger partial charge in [0.05, 0.1) is 10.9 Å². The summed E-state index contributed by atoms with van der Waals surface area (Å²) in [5.41, 5.74) is 2.10. The highest BCUT2D eigenvalue weighted by Crippen LogP contribution is 2.25. The van der Waals surface area contributed by atoms with Crippen molar-refractivity contribution >= 4 is 34.1 Å². The first kappa shape index (κ1) is 27.1. The summed E-state index contributed by atoms with van der Waals surface area (Å²) in [7, 11) is 0. The average molecular weight is 524 g/mol. The molecule has 1 fully saturated rings. The first-order valence-electron chi connectivity index (χ1n) is 13.3. The highest BCUT2D eigenvalue weighted by atomic mass is 35.5. The van der Waals surface area contributed by atoms with Gasteiger partial charge in [-0.25, -0.2) is 4.98 Å². The highest BCUT2D eigenvalue weighted by molar-refractivity contribution is 6.30. The molecular weight excluding hydrogens is 486 g/mol. The molecule has 1 aromatic heterocycles. The Morgan fingerprint density at radius 2 is 1.86 bits per heavy atom. The molecule has 7 nitrogen and oxygen atoms in total. The van der Waals surface area contributed by atoms with Crippen LogP contribution >= 0.6 is 11.6 Å². The SMILES string of the molecule is CC(C)CCN1CCCN(c2ccc3nc(-c4cccc(Cl)c4)n(CC(=O)NC(C)C)c(=O)c3c2)CC1. The van der Waals surface area contributed by atoms with Gasteiger partial charge in [0.15, 0.2) is 0 Å². The van der Waals surface area contributed by atoms with Crippen molar-refractivity contribution < 1.29 is 4.79 Å². The Kier molecular flexibility index (Phi) is 8.87. The second-order valence-electron chi connectivity index (χ2n) is 10.6. The third kappa shape index (κ3) is 6.90. The zero-order chi connectivity index (χ0) is 26.5. The van der Waals surface area contributed by atoms with E-state index in [2.05, 4.69) is 35.0 Å². The molecule has 2 aromatic carbocycles. The molecule has 0 aliphatic carbocycles. The number of hydrogen-bond acceptors (Lipinski definition) is 5. The van der Waals surface area contributed by atoms with Crippen LogP contribution in [0.3, 0.4) is 0 Å². The molecule has 37 heavy (non-hydrogen) atoms. The van der Waals surface area contributed by atoms with Crippen molar-refractivity contribution in [2.45, 2.75) is 53.1 Å². The summed E-state index contributed by atoms with van der Waals surface area (Å²) in [5, 5.41) is 3.94. The lowest BCUT2D eigenvalue weighted by Gasteiger charge is -2.24. The number of hydrogen-bond donors (Lipinski definition) is 1. The Morgan fingerprint density at radius 1 is 1.05 bits per heavy atom. The van der Waals surface area contributed by atoms with Gasteiger partial charge in [-0.05, 0) is 76.0 Å². The molecule has 1 aliphatic heterocycles. The lowest BCUT2D eigenvalue weighted by Crippen LogP contribution is -2.37. The second-order valence-corrected chi connectivity index (χ2v) is 11.1. The summed E-state index contributed by atoms with van der Waals surface area (Å²) in [6.45, 7) is 13.3. The molecule has 0 atom stereocenters. The van der Waals surface area contributed by atoms with Crippen LogP contribution in [0.15, 0.2) is 47.3 Å². The van der Waals surface area contributed by atoms with Crippen molar-refractivity contribution in [1.29, 1.82) is 0 Å². The number of halogens is 1. The second kappa shape index (κ2) is 12.1. The third-order valence-electron chi connectivity index (χ3n) is 6.75.